The van der Waals surface area contributed by atoms with Crippen LogP contribution in [0.25, 0.3) is 0 Å². The summed E-state index contributed by atoms with van der Waals surface area (Å²) >= 11 is 12.8. The maximum atomic E-state index is 12.0. The first-order valence-electron chi connectivity index (χ1n) is 6.12. The van der Waals surface area contributed by atoms with Crippen LogP contribution in [0.2, 0.25) is 10.0 Å². The standard InChI is InChI=1S/C13H9Cl2NO6PS/c14-7-3-8(15)5-10(4-7)24-12-2-1-9(16(18)19)6-11(12)13(17)23(20,21)22/h1-6,20-22H/q+1. The molecule has 0 aliphatic heterocycles. The number of nitrogens with zero attached hydrogens (tertiary/aromatic N) is 1. The molecule has 0 aliphatic rings. The molecule has 0 saturated carbocycles. The first-order chi connectivity index (χ1) is 11.1. The molecule has 0 aliphatic carbocycles. The van der Waals surface area contributed by atoms with Crippen molar-refractivity contribution >= 4 is 54.1 Å². The van der Waals surface area contributed by atoms with Crippen LogP contribution in [0.5, 0.6) is 0 Å². The number of halogens is 2. The van der Waals surface area contributed by atoms with Gasteiger partial charge in [0.1, 0.15) is 0 Å². The first kappa shape index (κ1) is 19.1. The molecule has 24 heavy (non-hydrogen) atoms. The highest BCUT2D eigenvalue weighted by Crippen LogP contribution is 2.50. The van der Waals surface area contributed by atoms with Gasteiger partial charge in [-0.15, -0.1) is 0 Å². The predicted molar refractivity (Wildman–Crippen MR) is 91.6 cm³/mol. The summed E-state index contributed by atoms with van der Waals surface area (Å²) in [7, 11) is -4.86. The Labute approximate surface area is 150 Å². The Morgan fingerprint density at radius 1 is 1.08 bits per heavy atom. The summed E-state index contributed by atoms with van der Waals surface area (Å²) in [6.45, 7) is 0. The van der Waals surface area contributed by atoms with Gasteiger partial charge in [-0.2, -0.15) is 14.7 Å². The third kappa shape index (κ3) is 4.64. The zero-order valence-corrected chi connectivity index (χ0v) is 14.8. The molecule has 3 N–H and O–H groups in total. The Hall–Kier alpha value is -1.25. The van der Waals surface area contributed by atoms with Crippen molar-refractivity contribution in [1.29, 1.82) is 0 Å². The van der Waals surface area contributed by atoms with Gasteiger partial charge in [0.25, 0.3) is 5.69 Å². The lowest BCUT2D eigenvalue weighted by Crippen LogP contribution is -2.07. The van der Waals surface area contributed by atoms with Gasteiger partial charge in [-0.05, 0) is 24.3 Å². The zero-order chi connectivity index (χ0) is 18.1. The minimum absolute atomic E-state index is 0.172. The van der Waals surface area contributed by atoms with Crippen molar-refractivity contribution in [3.8, 4) is 0 Å². The molecule has 0 saturated heterocycles. The highest BCUT2D eigenvalue weighted by molar-refractivity contribution is 7.99. The minimum atomic E-state index is -4.86. The molecule has 11 heteroatoms. The van der Waals surface area contributed by atoms with Crippen molar-refractivity contribution in [3.63, 3.8) is 0 Å². The van der Waals surface area contributed by atoms with Crippen molar-refractivity contribution < 1.29 is 24.4 Å². The van der Waals surface area contributed by atoms with Crippen LogP contribution in [0.3, 0.4) is 0 Å². The number of carbonyl (C=O) groups excluding carboxylic acids is 1. The lowest BCUT2D eigenvalue weighted by atomic mass is 10.2. The zero-order valence-electron chi connectivity index (χ0n) is 11.6. The number of benzene rings is 2. The number of hydrogen-bond donors (Lipinski definition) is 3. The second-order valence-corrected chi connectivity index (χ2v) is 8.05. The summed E-state index contributed by atoms with van der Waals surface area (Å²) in [6, 6.07) is 7.88. The number of carbonyl (C=O) groups is 1. The summed E-state index contributed by atoms with van der Waals surface area (Å²) in [4.78, 5) is 50.4. The molecule has 0 spiro atoms. The predicted octanol–water partition coefficient (Wildman–Crippen LogP) is 3.93. The van der Waals surface area contributed by atoms with Crippen molar-refractivity contribution in [2.75, 3.05) is 0 Å². The van der Waals surface area contributed by atoms with Gasteiger partial charge >= 0.3 is 13.5 Å². The van der Waals surface area contributed by atoms with Gasteiger partial charge in [0, 0.05) is 32.0 Å². The number of hydrogen-bond acceptors (Lipinski definition) is 7. The molecule has 0 unspecified atom stereocenters. The fourth-order valence-electron chi connectivity index (χ4n) is 1.76. The number of nitro groups is 1. The highest BCUT2D eigenvalue weighted by atomic mass is 35.5. The molecule has 2 aromatic rings. The fraction of sp³-hybridized carbons (Fsp3) is 0. The quantitative estimate of drug-likeness (QED) is 0.389. The van der Waals surface area contributed by atoms with E-state index in [1.807, 2.05) is 0 Å². The summed E-state index contributed by atoms with van der Waals surface area (Å²) in [5.74, 6) is 0. The summed E-state index contributed by atoms with van der Waals surface area (Å²) < 4.78 is 0. The molecular formula is C13H9Cl2NO6PS+. The smallest absolute Gasteiger partial charge is 0.258 e. The number of non-ortho nitro benzene ring substituents is 1. The Balaban J connectivity index is 2.52. The lowest BCUT2D eigenvalue weighted by Gasteiger charge is -2.09. The molecule has 7 nitrogen and oxygen atoms in total. The summed E-state index contributed by atoms with van der Waals surface area (Å²) in [5, 5.41) is 11.5. The van der Waals surface area contributed by atoms with Crippen LogP contribution in [0.1, 0.15) is 10.4 Å². The van der Waals surface area contributed by atoms with E-state index in [-0.39, 0.29) is 10.5 Å². The van der Waals surface area contributed by atoms with Gasteiger partial charge < -0.3 is 0 Å². The van der Waals surface area contributed by atoms with Gasteiger partial charge in [0.2, 0.25) is 0 Å². The molecule has 0 atom stereocenters. The van der Waals surface area contributed by atoms with Gasteiger partial charge in [-0.3, -0.25) is 10.1 Å². The van der Waals surface area contributed by atoms with Gasteiger partial charge in [0.15, 0.2) is 0 Å². The molecular weight excluding hydrogens is 400 g/mol. The maximum absolute atomic E-state index is 12.0. The van der Waals surface area contributed by atoms with Crippen LogP contribution in [0, 0.1) is 10.1 Å². The lowest BCUT2D eigenvalue weighted by molar-refractivity contribution is -0.384. The van der Waals surface area contributed by atoms with Gasteiger partial charge in [0.05, 0.1) is 10.5 Å². The second-order valence-electron chi connectivity index (χ2n) is 4.52. The van der Waals surface area contributed by atoms with E-state index in [1.165, 1.54) is 12.1 Å². The number of rotatable bonds is 5. The molecule has 2 aromatic carbocycles. The van der Waals surface area contributed by atoms with Crippen molar-refractivity contribution in [2.45, 2.75) is 9.79 Å². The third-order valence-corrected chi connectivity index (χ3v) is 5.01. The highest BCUT2D eigenvalue weighted by Gasteiger charge is 2.45. The van der Waals surface area contributed by atoms with E-state index in [1.54, 1.807) is 12.1 Å². The molecule has 0 aromatic heterocycles. The molecule has 0 amide bonds. The van der Waals surface area contributed by atoms with E-state index >= 15 is 0 Å². The van der Waals surface area contributed by atoms with Crippen molar-refractivity contribution in [3.05, 3.63) is 62.1 Å². The van der Waals surface area contributed by atoms with Crippen LogP contribution in [0.4, 0.5) is 5.69 Å². The van der Waals surface area contributed by atoms with E-state index in [0.717, 1.165) is 23.9 Å². The fourth-order valence-corrected chi connectivity index (χ4v) is 4.03. The average Bonchev–Trinajstić information content (AvgIpc) is 2.44. The van der Waals surface area contributed by atoms with E-state index in [2.05, 4.69) is 0 Å². The largest absolute Gasteiger partial charge is 0.483 e. The summed E-state index contributed by atoms with van der Waals surface area (Å²) in [6.07, 6.45) is 0. The second kappa shape index (κ2) is 7.33. The van der Waals surface area contributed by atoms with Gasteiger partial charge in [-0.1, -0.05) is 35.0 Å². The SMILES string of the molecule is O=C(c1cc([N+](=O)[O-])ccc1Sc1cc(Cl)cc(Cl)c1)[P+](O)(O)O. The van der Waals surface area contributed by atoms with Crippen LogP contribution < -0.4 is 0 Å². The minimum Gasteiger partial charge on any atom is -0.258 e. The Kier molecular flexibility index (Phi) is 5.83. The van der Waals surface area contributed by atoms with E-state index in [9.17, 15) is 29.6 Å². The van der Waals surface area contributed by atoms with Crippen molar-refractivity contribution in [2.24, 2.45) is 0 Å². The first-order valence-corrected chi connectivity index (χ1v) is 9.34. The molecule has 0 bridgehead atoms. The van der Waals surface area contributed by atoms with Crippen molar-refractivity contribution in [1.82, 2.24) is 0 Å². The average molecular weight is 409 g/mol. The summed E-state index contributed by atoms with van der Waals surface area (Å²) in [5.41, 5.74) is -2.20. The van der Waals surface area contributed by atoms with E-state index < -0.39 is 24.1 Å². The normalized spacial score (nSPS) is 11.4. The molecule has 0 heterocycles. The topological polar surface area (TPSA) is 121 Å². The Morgan fingerprint density at radius 3 is 2.17 bits per heavy atom. The third-order valence-electron chi connectivity index (χ3n) is 2.74. The van der Waals surface area contributed by atoms with Gasteiger partial charge in [-0.25, -0.2) is 4.79 Å². The monoisotopic (exact) mass is 408 g/mol. The van der Waals surface area contributed by atoms with Crippen LogP contribution in [0.15, 0.2) is 46.2 Å². The van der Waals surface area contributed by atoms with E-state index in [4.69, 9.17) is 23.2 Å². The molecule has 126 valence electrons. The molecule has 2 rings (SSSR count). The Bertz CT molecular complexity index is 806. The van der Waals surface area contributed by atoms with Crippen LogP contribution >= 0.6 is 42.9 Å². The van der Waals surface area contributed by atoms with Crippen LogP contribution in [-0.4, -0.2) is 25.1 Å². The Morgan fingerprint density at radius 2 is 1.67 bits per heavy atom. The maximum Gasteiger partial charge on any atom is 0.483 e. The molecule has 0 radical (unpaired) electrons. The number of nitro benzene ring substituents is 1. The van der Waals surface area contributed by atoms with Crippen LogP contribution in [-0.2, 0) is 0 Å². The van der Waals surface area contributed by atoms with E-state index in [0.29, 0.717) is 14.9 Å². The molecule has 0 fully saturated rings.